The van der Waals surface area contributed by atoms with Crippen molar-refractivity contribution in [3.8, 4) is 11.1 Å². The van der Waals surface area contributed by atoms with Crippen LogP contribution in [0.4, 0.5) is 19.0 Å². The second kappa shape index (κ2) is 13.4. The quantitative estimate of drug-likeness (QED) is 0.254. The number of hydrogen-bond donors (Lipinski definition) is 2. The number of benzene rings is 1. The molecule has 7 rings (SSSR count). The summed E-state index contributed by atoms with van der Waals surface area (Å²) in [6.07, 6.45) is 5.67. The van der Waals surface area contributed by atoms with Crippen molar-refractivity contribution >= 4 is 34.3 Å². The van der Waals surface area contributed by atoms with Crippen LogP contribution in [0.1, 0.15) is 85.0 Å². The van der Waals surface area contributed by atoms with E-state index in [2.05, 4.69) is 31.7 Å². The van der Waals surface area contributed by atoms with Crippen LogP contribution in [0.25, 0.3) is 22.0 Å². The van der Waals surface area contributed by atoms with Crippen molar-refractivity contribution < 1.29 is 27.6 Å². The number of aryl methyl sites for hydroxylation is 3. The van der Waals surface area contributed by atoms with Crippen LogP contribution in [0, 0.1) is 19.3 Å². The third kappa shape index (κ3) is 6.85. The van der Waals surface area contributed by atoms with E-state index in [-0.39, 0.29) is 41.2 Å². The zero-order chi connectivity index (χ0) is 36.1. The summed E-state index contributed by atoms with van der Waals surface area (Å²) in [7, 11) is 0. The first-order chi connectivity index (χ1) is 24.3. The van der Waals surface area contributed by atoms with E-state index in [9.17, 15) is 27.6 Å². The molecule has 2 bridgehead atoms. The summed E-state index contributed by atoms with van der Waals surface area (Å²) < 4.78 is 42.1. The molecule has 0 spiro atoms. The van der Waals surface area contributed by atoms with E-state index >= 15 is 0 Å². The van der Waals surface area contributed by atoms with Crippen LogP contribution in [0.15, 0.2) is 36.7 Å². The van der Waals surface area contributed by atoms with E-state index < -0.39 is 23.8 Å². The second-order valence-corrected chi connectivity index (χ2v) is 14.3. The Balaban J connectivity index is 1.27. The van der Waals surface area contributed by atoms with Gasteiger partial charge in [-0.3, -0.25) is 19.1 Å². The molecule has 4 aromatic rings. The van der Waals surface area contributed by atoms with Gasteiger partial charge in [-0.15, -0.1) is 0 Å². The standard InChI is InChI=1S/C37H41F3N8O3/c1-21-10-11-29(37(38,39)40)44-34(21)45-35(51)28-15-36-16-30(36)48(28)31(50)19-47-33-24(9-7-5-4-6-8-12-41-20-36)13-25(26-17-42-23(3)43-18-26)14-27(33)32(46-47)22(2)49/h10-11,13-14,17-18,28,30,41H,4-9,12,15-16,19-20H2,1-3H3,(H,44,45,51)/t28-,30+,36-/m0/s1. The monoisotopic (exact) mass is 702 g/mol. The number of aromatic nitrogens is 5. The number of carbonyl (C=O) groups is 3. The lowest BCUT2D eigenvalue weighted by Crippen LogP contribution is -2.47. The number of carbonyl (C=O) groups excluding carboxylic acids is 3. The predicted molar refractivity (Wildman–Crippen MR) is 184 cm³/mol. The minimum Gasteiger partial charge on any atom is -0.325 e. The maximum atomic E-state index is 14.4. The molecule has 5 heterocycles. The summed E-state index contributed by atoms with van der Waals surface area (Å²) in [4.78, 5) is 55.3. The number of ketones is 1. The Morgan fingerprint density at radius 2 is 1.75 bits per heavy atom. The molecule has 1 saturated carbocycles. The van der Waals surface area contributed by atoms with Gasteiger partial charge in [0.05, 0.1) is 5.52 Å². The molecule has 3 aromatic heterocycles. The summed E-state index contributed by atoms with van der Waals surface area (Å²) in [6, 6.07) is 4.96. The number of nitrogens with one attached hydrogen (secondary N) is 2. The molecule has 3 aliphatic rings. The van der Waals surface area contributed by atoms with Gasteiger partial charge in [0.1, 0.15) is 35.6 Å². The number of pyridine rings is 1. The second-order valence-electron chi connectivity index (χ2n) is 14.3. The molecular weight excluding hydrogens is 661 g/mol. The fraction of sp³-hybridized carbons (Fsp3) is 0.486. The first-order valence-electron chi connectivity index (χ1n) is 17.6. The minimum absolute atomic E-state index is 0.187. The van der Waals surface area contributed by atoms with Crippen molar-refractivity contribution in [2.45, 2.75) is 96.9 Å². The van der Waals surface area contributed by atoms with E-state index in [4.69, 9.17) is 5.10 Å². The van der Waals surface area contributed by atoms with Gasteiger partial charge < -0.3 is 15.5 Å². The van der Waals surface area contributed by atoms with Crippen LogP contribution < -0.4 is 10.6 Å². The minimum atomic E-state index is -4.68. The van der Waals surface area contributed by atoms with Gasteiger partial charge in [0.2, 0.25) is 11.8 Å². The SMILES string of the molecule is CC(=O)c1nn2c3c(cc(-c4cnc(C)nc4)cc13)CCCCCCCNC[C@@]13C[C@@H](C(=O)Nc4nc(C(F)(F)F)ccc4C)N(C(=O)C2)[C@@H]1C3. The van der Waals surface area contributed by atoms with Gasteiger partial charge in [0, 0.05) is 48.3 Å². The normalized spacial score (nSPS) is 22.8. The number of rotatable bonds is 4. The van der Waals surface area contributed by atoms with Crippen LogP contribution in [0.2, 0.25) is 0 Å². The molecule has 0 unspecified atom stereocenters. The largest absolute Gasteiger partial charge is 0.433 e. The highest BCUT2D eigenvalue weighted by molar-refractivity contribution is 6.07. The number of nitrogens with zero attached hydrogens (tertiary/aromatic N) is 6. The Hall–Kier alpha value is -4.72. The Morgan fingerprint density at radius 1 is 1.00 bits per heavy atom. The molecule has 11 nitrogen and oxygen atoms in total. The van der Waals surface area contributed by atoms with Crippen LogP contribution in [-0.4, -0.2) is 72.4 Å². The molecule has 2 N–H and O–H groups in total. The Labute approximate surface area is 293 Å². The number of piperidine rings is 1. The molecule has 2 fully saturated rings. The summed E-state index contributed by atoms with van der Waals surface area (Å²) >= 11 is 0. The van der Waals surface area contributed by atoms with E-state index in [1.54, 1.807) is 28.9 Å². The first kappa shape index (κ1) is 34.7. The lowest BCUT2D eigenvalue weighted by molar-refractivity contribution is -0.141. The Morgan fingerprint density at radius 3 is 2.49 bits per heavy atom. The summed E-state index contributed by atoms with van der Waals surface area (Å²) in [5, 5.41) is 11.5. The Kier molecular flexibility index (Phi) is 9.15. The number of hydrogen-bond acceptors (Lipinski definition) is 8. The molecule has 14 heteroatoms. The third-order valence-corrected chi connectivity index (χ3v) is 10.6. The average Bonchev–Trinajstić information content (AvgIpc) is 3.48. The fourth-order valence-corrected chi connectivity index (χ4v) is 7.80. The van der Waals surface area contributed by atoms with Crippen molar-refractivity contribution in [3.05, 3.63) is 65.0 Å². The number of anilines is 1. The third-order valence-electron chi connectivity index (χ3n) is 10.6. The van der Waals surface area contributed by atoms with Gasteiger partial charge in [-0.1, -0.05) is 25.3 Å². The van der Waals surface area contributed by atoms with Gasteiger partial charge in [0.25, 0.3) is 0 Å². The Bertz CT molecular complexity index is 2010. The van der Waals surface area contributed by atoms with Crippen LogP contribution in [0.3, 0.4) is 0 Å². The number of amides is 2. The zero-order valence-electron chi connectivity index (χ0n) is 28.9. The van der Waals surface area contributed by atoms with E-state index in [1.807, 2.05) is 13.0 Å². The van der Waals surface area contributed by atoms with Gasteiger partial charge in [-0.05, 0) is 87.4 Å². The maximum absolute atomic E-state index is 14.4. The molecule has 1 saturated heterocycles. The van der Waals surface area contributed by atoms with Crippen molar-refractivity contribution in [2.24, 2.45) is 5.41 Å². The smallest absolute Gasteiger partial charge is 0.325 e. The summed E-state index contributed by atoms with van der Waals surface area (Å²) in [5.41, 5.74) is 2.48. The lowest BCUT2D eigenvalue weighted by atomic mass is 9.96. The van der Waals surface area contributed by atoms with Gasteiger partial charge in [-0.25, -0.2) is 15.0 Å². The lowest BCUT2D eigenvalue weighted by Gasteiger charge is -2.27. The average molecular weight is 703 g/mol. The zero-order valence-corrected chi connectivity index (χ0v) is 28.9. The molecule has 1 aliphatic carbocycles. The predicted octanol–water partition coefficient (Wildman–Crippen LogP) is 5.82. The maximum Gasteiger partial charge on any atom is 0.433 e. The highest BCUT2D eigenvalue weighted by Crippen LogP contribution is 2.59. The molecule has 51 heavy (non-hydrogen) atoms. The van der Waals surface area contributed by atoms with Crippen molar-refractivity contribution in [1.82, 2.24) is 34.9 Å². The van der Waals surface area contributed by atoms with Crippen LogP contribution >= 0.6 is 0 Å². The first-order valence-corrected chi connectivity index (χ1v) is 17.6. The molecule has 2 amide bonds. The highest BCUT2D eigenvalue weighted by atomic mass is 19.4. The molecule has 2 aliphatic heterocycles. The van der Waals surface area contributed by atoms with Gasteiger partial charge >= 0.3 is 6.18 Å². The van der Waals surface area contributed by atoms with E-state index in [0.29, 0.717) is 48.1 Å². The summed E-state index contributed by atoms with van der Waals surface area (Å²) in [5.74, 6) is -0.720. The molecule has 3 atom stereocenters. The van der Waals surface area contributed by atoms with Crippen LogP contribution in [0.5, 0.6) is 0 Å². The number of Topliss-reactive ketones (excluding diaryl/α,β-unsaturated/α-hetero) is 1. The van der Waals surface area contributed by atoms with E-state index in [0.717, 1.165) is 61.4 Å². The molecule has 268 valence electrons. The van der Waals surface area contributed by atoms with Crippen molar-refractivity contribution in [3.63, 3.8) is 0 Å². The summed E-state index contributed by atoms with van der Waals surface area (Å²) in [6.45, 7) is 6.06. The number of alkyl halides is 3. The molecule has 1 aromatic carbocycles. The fourth-order valence-electron chi connectivity index (χ4n) is 7.80. The van der Waals surface area contributed by atoms with Crippen molar-refractivity contribution in [2.75, 3.05) is 18.4 Å². The number of halogens is 3. The molecule has 0 radical (unpaired) electrons. The van der Waals surface area contributed by atoms with Gasteiger partial charge in [-0.2, -0.15) is 18.3 Å². The topological polar surface area (TPSA) is 135 Å². The van der Waals surface area contributed by atoms with Gasteiger partial charge in [0.15, 0.2) is 5.78 Å². The highest BCUT2D eigenvalue weighted by Gasteiger charge is 2.66. The van der Waals surface area contributed by atoms with Crippen LogP contribution in [-0.2, 0) is 28.7 Å². The van der Waals surface area contributed by atoms with E-state index in [1.165, 1.54) is 13.0 Å². The van der Waals surface area contributed by atoms with Crippen molar-refractivity contribution in [1.29, 1.82) is 0 Å². The molecular formula is C37H41F3N8O3.